The summed E-state index contributed by atoms with van der Waals surface area (Å²) in [6.07, 6.45) is 1.68. The summed E-state index contributed by atoms with van der Waals surface area (Å²) >= 11 is 13.8. The summed E-state index contributed by atoms with van der Waals surface area (Å²) in [7, 11) is 1.60. The minimum absolute atomic E-state index is 0.0713. The Morgan fingerprint density at radius 1 is 1.26 bits per heavy atom. The molecule has 27 heavy (non-hydrogen) atoms. The Bertz CT molecular complexity index is 859. The molecule has 3 rings (SSSR count). The molecule has 2 aromatic rings. The summed E-state index contributed by atoms with van der Waals surface area (Å²) in [5, 5.41) is 1.01. The lowest BCUT2D eigenvalue weighted by atomic mass is 10.1. The highest BCUT2D eigenvalue weighted by atomic mass is 35.5. The number of rotatable bonds is 7. The Hall–Kier alpha value is -1.82. The normalized spacial score (nSPS) is 16.5. The predicted octanol–water partition coefficient (Wildman–Crippen LogP) is 5.34. The average molecular weight is 424 g/mol. The fourth-order valence-corrected chi connectivity index (χ4v) is 4.49. The number of benzene rings is 2. The number of halogens is 2. The zero-order valence-corrected chi connectivity index (χ0v) is 17.1. The first kappa shape index (κ1) is 19.9. The van der Waals surface area contributed by atoms with Crippen molar-refractivity contribution >= 4 is 40.9 Å². The van der Waals surface area contributed by atoms with Gasteiger partial charge in [-0.05, 0) is 35.4 Å². The second kappa shape index (κ2) is 8.91. The maximum absolute atomic E-state index is 12.5. The van der Waals surface area contributed by atoms with Gasteiger partial charge in [0, 0.05) is 16.6 Å². The van der Waals surface area contributed by atoms with Crippen molar-refractivity contribution in [1.82, 2.24) is 4.90 Å². The molecule has 1 heterocycles. The largest absolute Gasteiger partial charge is 0.493 e. The quantitative estimate of drug-likeness (QED) is 0.563. The first-order chi connectivity index (χ1) is 13.0. The number of hydrogen-bond donors (Lipinski definition) is 0. The molecule has 0 aromatic heterocycles. The third kappa shape index (κ3) is 4.54. The molecule has 0 radical (unpaired) electrons. The van der Waals surface area contributed by atoms with E-state index in [1.54, 1.807) is 37.1 Å². The van der Waals surface area contributed by atoms with Gasteiger partial charge >= 0.3 is 0 Å². The summed E-state index contributed by atoms with van der Waals surface area (Å²) in [6, 6.07) is 11.0. The van der Waals surface area contributed by atoms with Gasteiger partial charge in [-0.2, -0.15) is 0 Å². The van der Waals surface area contributed by atoms with Gasteiger partial charge in [0.15, 0.2) is 11.5 Å². The molecule has 0 spiro atoms. The lowest BCUT2D eigenvalue weighted by Crippen LogP contribution is -2.27. The summed E-state index contributed by atoms with van der Waals surface area (Å²) in [5.74, 6) is 1.76. The molecule has 1 saturated heterocycles. The molecule has 1 aliphatic heterocycles. The van der Waals surface area contributed by atoms with Gasteiger partial charge in [0.25, 0.3) is 0 Å². The van der Waals surface area contributed by atoms with E-state index in [0.29, 0.717) is 40.4 Å². The van der Waals surface area contributed by atoms with Crippen molar-refractivity contribution in [3.05, 3.63) is 70.2 Å². The van der Waals surface area contributed by atoms with Crippen LogP contribution >= 0.6 is 35.0 Å². The fourth-order valence-electron chi connectivity index (χ4n) is 2.84. The van der Waals surface area contributed by atoms with Crippen LogP contribution in [0.1, 0.15) is 16.5 Å². The number of methoxy groups -OCH3 is 1. The first-order valence-electron chi connectivity index (χ1n) is 8.30. The highest BCUT2D eigenvalue weighted by Crippen LogP contribution is 2.42. The Balaban J connectivity index is 1.86. The molecule has 7 heteroatoms. The van der Waals surface area contributed by atoms with Crippen molar-refractivity contribution in [3.8, 4) is 11.5 Å². The van der Waals surface area contributed by atoms with E-state index in [4.69, 9.17) is 32.7 Å². The predicted molar refractivity (Wildman–Crippen MR) is 111 cm³/mol. The minimum atomic E-state index is -0.119. The molecule has 0 saturated carbocycles. The van der Waals surface area contributed by atoms with E-state index in [9.17, 15) is 4.79 Å². The Kier molecular flexibility index (Phi) is 6.58. The van der Waals surface area contributed by atoms with Crippen LogP contribution in [-0.2, 0) is 11.3 Å². The van der Waals surface area contributed by atoms with E-state index in [-0.39, 0.29) is 11.3 Å². The monoisotopic (exact) mass is 423 g/mol. The van der Waals surface area contributed by atoms with Gasteiger partial charge in [-0.15, -0.1) is 11.8 Å². The molecule has 1 atom stereocenters. The number of thioether (sulfide) groups is 1. The molecule has 4 nitrogen and oxygen atoms in total. The molecule has 1 aliphatic rings. The highest BCUT2D eigenvalue weighted by molar-refractivity contribution is 8.00. The van der Waals surface area contributed by atoms with Gasteiger partial charge < -0.3 is 14.4 Å². The highest BCUT2D eigenvalue weighted by Gasteiger charge is 2.33. The molecule has 1 unspecified atom stereocenters. The smallest absolute Gasteiger partial charge is 0.234 e. The molecule has 2 aromatic carbocycles. The van der Waals surface area contributed by atoms with E-state index in [0.717, 1.165) is 11.1 Å². The van der Waals surface area contributed by atoms with Crippen molar-refractivity contribution < 1.29 is 14.3 Å². The lowest BCUT2D eigenvalue weighted by molar-refractivity contribution is -0.128. The van der Waals surface area contributed by atoms with Crippen LogP contribution in [0.15, 0.2) is 49.1 Å². The van der Waals surface area contributed by atoms with Crippen molar-refractivity contribution in [2.24, 2.45) is 0 Å². The SMILES string of the molecule is C=CCOc1ccc(C2SCC(=O)N2Cc2ccc(Cl)cc2Cl)cc1OC. The maximum Gasteiger partial charge on any atom is 0.234 e. The van der Waals surface area contributed by atoms with Crippen molar-refractivity contribution in [2.75, 3.05) is 19.5 Å². The number of nitrogens with zero attached hydrogens (tertiary/aromatic N) is 1. The number of carbonyl (C=O) groups is 1. The molecule has 0 N–H and O–H groups in total. The van der Waals surface area contributed by atoms with Crippen LogP contribution < -0.4 is 9.47 Å². The van der Waals surface area contributed by atoms with Gasteiger partial charge in [0.2, 0.25) is 5.91 Å². The standard InChI is InChI=1S/C20H19Cl2NO3S/c1-3-8-26-17-7-5-13(9-18(17)25-2)20-23(19(24)12-27-20)11-14-4-6-15(21)10-16(14)22/h3-7,9-10,20H,1,8,11-12H2,2H3. The van der Waals surface area contributed by atoms with Gasteiger partial charge in [0.05, 0.1) is 12.9 Å². The van der Waals surface area contributed by atoms with Crippen molar-refractivity contribution in [1.29, 1.82) is 0 Å². The lowest BCUT2D eigenvalue weighted by Gasteiger charge is -2.25. The van der Waals surface area contributed by atoms with Crippen molar-refractivity contribution in [2.45, 2.75) is 11.9 Å². The van der Waals surface area contributed by atoms with E-state index in [1.807, 2.05) is 29.2 Å². The van der Waals surface area contributed by atoms with E-state index in [2.05, 4.69) is 6.58 Å². The van der Waals surface area contributed by atoms with Gasteiger partial charge in [-0.25, -0.2) is 0 Å². The fraction of sp³-hybridized carbons (Fsp3) is 0.250. The first-order valence-corrected chi connectivity index (χ1v) is 10.1. The second-order valence-corrected chi connectivity index (χ2v) is 7.84. The summed E-state index contributed by atoms with van der Waals surface area (Å²) in [6.45, 7) is 4.47. The third-order valence-corrected chi connectivity index (χ3v) is 6.00. The summed E-state index contributed by atoms with van der Waals surface area (Å²) in [4.78, 5) is 14.3. The van der Waals surface area contributed by atoms with Gasteiger partial charge in [-0.3, -0.25) is 4.79 Å². The molecular formula is C20H19Cl2NO3S. The van der Waals surface area contributed by atoms with Crippen LogP contribution in [0.2, 0.25) is 10.0 Å². The molecule has 142 valence electrons. The Morgan fingerprint density at radius 3 is 2.78 bits per heavy atom. The van der Waals surface area contributed by atoms with Crippen LogP contribution in [0.3, 0.4) is 0 Å². The zero-order valence-electron chi connectivity index (χ0n) is 14.8. The topological polar surface area (TPSA) is 38.8 Å². The number of hydrogen-bond acceptors (Lipinski definition) is 4. The third-order valence-electron chi connectivity index (χ3n) is 4.15. The van der Waals surface area contributed by atoms with E-state index >= 15 is 0 Å². The number of amides is 1. The summed E-state index contributed by atoms with van der Waals surface area (Å²) in [5.41, 5.74) is 1.83. The molecular weight excluding hydrogens is 405 g/mol. The van der Waals surface area contributed by atoms with Gasteiger partial charge in [-0.1, -0.05) is 48.0 Å². The van der Waals surface area contributed by atoms with E-state index in [1.165, 1.54) is 0 Å². The number of carbonyl (C=O) groups excluding carboxylic acids is 1. The van der Waals surface area contributed by atoms with Crippen molar-refractivity contribution in [3.63, 3.8) is 0 Å². The minimum Gasteiger partial charge on any atom is -0.493 e. The van der Waals surface area contributed by atoms with Crippen LogP contribution in [0.4, 0.5) is 0 Å². The Morgan fingerprint density at radius 2 is 2.07 bits per heavy atom. The van der Waals surface area contributed by atoms with E-state index < -0.39 is 0 Å². The van der Waals surface area contributed by atoms with Crippen LogP contribution in [0.5, 0.6) is 11.5 Å². The second-order valence-electron chi connectivity index (χ2n) is 5.93. The molecule has 0 bridgehead atoms. The van der Waals surface area contributed by atoms with Crippen LogP contribution in [0, 0.1) is 0 Å². The maximum atomic E-state index is 12.5. The molecule has 0 aliphatic carbocycles. The molecule has 1 fully saturated rings. The zero-order chi connectivity index (χ0) is 19.4. The Labute approximate surface area is 173 Å². The summed E-state index contributed by atoms with van der Waals surface area (Å²) < 4.78 is 11.1. The van der Waals surface area contributed by atoms with Crippen LogP contribution in [-0.4, -0.2) is 30.3 Å². The van der Waals surface area contributed by atoms with Crippen LogP contribution in [0.25, 0.3) is 0 Å². The molecule has 1 amide bonds. The van der Waals surface area contributed by atoms with Gasteiger partial charge in [0.1, 0.15) is 12.0 Å². The number of ether oxygens (including phenoxy) is 2. The average Bonchev–Trinajstić information content (AvgIpc) is 3.02.